The predicted octanol–water partition coefficient (Wildman–Crippen LogP) is 22.5. The number of hydrogen-bond donors (Lipinski definition) is 0. The average Bonchev–Trinajstić information content (AvgIpc) is 3.36. The van der Waals surface area contributed by atoms with Crippen molar-refractivity contribution in [3.8, 4) is 44.5 Å². The molecule has 76 heavy (non-hydrogen) atoms. The molecule has 0 spiro atoms. The third-order valence-corrected chi connectivity index (χ3v) is 20.9. The van der Waals surface area contributed by atoms with E-state index < -0.39 is 29.0 Å². The Morgan fingerprint density at radius 2 is 0.382 bits per heavy atom. The molecule has 0 aromatic heterocycles. The zero-order valence-corrected chi connectivity index (χ0v) is 57.5. The van der Waals surface area contributed by atoms with E-state index in [2.05, 4.69) is 251 Å². The van der Waals surface area contributed by atoms with Gasteiger partial charge in [-0.1, -0.05) is 0 Å². The molecule has 0 nitrogen and oxygen atoms in total. The molecule has 408 valence electrons. The summed E-state index contributed by atoms with van der Waals surface area (Å²) in [6.45, 7) is 55.9. The van der Waals surface area contributed by atoms with E-state index in [0.29, 0.717) is 71.0 Å². The van der Waals surface area contributed by atoms with Gasteiger partial charge in [0.2, 0.25) is 0 Å². The fraction of sp³-hybridized carbons (Fsp3) is 0.500. The van der Waals surface area contributed by atoms with Crippen LogP contribution in [0, 0.1) is 0 Å². The Hall–Kier alpha value is -3.01. The van der Waals surface area contributed by atoms with Gasteiger partial charge < -0.3 is 0 Å². The van der Waals surface area contributed by atoms with Crippen LogP contribution in [0.2, 0.25) is 0 Å². The molecule has 0 fully saturated rings. The van der Waals surface area contributed by atoms with Crippen molar-refractivity contribution in [1.82, 2.24) is 0 Å². The fourth-order valence-electron chi connectivity index (χ4n) is 11.2. The van der Waals surface area contributed by atoms with E-state index in [1.165, 1.54) is 120 Å². The standard InChI is InChI=1S/2C36H49ClGe/c2*1-20(2)26-16-30(22(5)6)34(31(17-26)23(7)8)28-14-13-15-29(36(28)38-37)35-32(24(9)10)18-27(21(3)4)19-33(35)25(11)12/h2*13-25H,1-12H3. The van der Waals surface area contributed by atoms with Gasteiger partial charge in [0.25, 0.3) is 0 Å². The van der Waals surface area contributed by atoms with Gasteiger partial charge in [0.15, 0.2) is 0 Å². The van der Waals surface area contributed by atoms with Crippen molar-refractivity contribution in [2.45, 2.75) is 237 Å². The van der Waals surface area contributed by atoms with Crippen LogP contribution in [-0.4, -0.2) is 29.0 Å². The molecule has 6 aromatic rings. The molecule has 0 saturated carbocycles. The Morgan fingerprint density at radius 1 is 0.237 bits per heavy atom. The Labute approximate surface area is 487 Å². The van der Waals surface area contributed by atoms with Crippen LogP contribution >= 0.6 is 20.0 Å². The summed E-state index contributed by atoms with van der Waals surface area (Å²) < 4.78 is 2.77. The Balaban J connectivity index is 0.000000281. The van der Waals surface area contributed by atoms with Gasteiger partial charge in [0.1, 0.15) is 0 Å². The molecule has 4 heteroatoms. The second kappa shape index (κ2) is 27.4. The van der Waals surface area contributed by atoms with Crippen molar-refractivity contribution in [3.05, 3.63) is 152 Å². The third kappa shape index (κ3) is 14.1. The number of hydrogen-bond acceptors (Lipinski definition) is 0. The molecule has 0 unspecified atom stereocenters. The SMILES string of the molecule is CC(C)c1cc(C(C)C)c(-c2cccc(-c3c(C(C)C)cc(C(C)C)cc3C(C)C)[c]2[Ge][Cl])c(C(C)C)c1.CC(C)c1cc(C(C)C)c(-c2cccc(-c3c(C(C)C)cc(C(C)C)cc3C(C)C)[c]2[Ge][Cl])c(C(C)C)c1. The molecular weight excluding hydrogens is 1080 g/mol. The summed E-state index contributed by atoms with van der Waals surface area (Å²) in [5, 5.41) is 0. The zero-order chi connectivity index (χ0) is 56.9. The van der Waals surface area contributed by atoms with Crippen LogP contribution in [0.15, 0.2) is 84.9 Å². The fourth-order valence-corrected chi connectivity index (χ4v) is 15.9. The summed E-state index contributed by atoms with van der Waals surface area (Å²) >= 11 is -1.69. The van der Waals surface area contributed by atoms with Crippen molar-refractivity contribution in [1.29, 1.82) is 0 Å². The summed E-state index contributed by atoms with van der Waals surface area (Å²) in [6.07, 6.45) is 0. The first kappa shape index (κ1) is 63.8. The van der Waals surface area contributed by atoms with Gasteiger partial charge in [-0.2, -0.15) is 0 Å². The average molecular weight is 1180 g/mol. The normalized spacial score (nSPS) is 12.3. The van der Waals surface area contributed by atoms with Gasteiger partial charge in [-0.25, -0.2) is 0 Å². The van der Waals surface area contributed by atoms with Crippen LogP contribution in [0.1, 0.15) is 304 Å². The van der Waals surface area contributed by atoms with Crippen LogP contribution in [0.5, 0.6) is 0 Å². The summed E-state index contributed by atoms with van der Waals surface area (Å²) in [7, 11) is 14.1. The molecule has 0 aliphatic rings. The molecule has 0 atom stereocenters. The van der Waals surface area contributed by atoms with Crippen molar-refractivity contribution in [3.63, 3.8) is 0 Å². The van der Waals surface area contributed by atoms with Crippen LogP contribution < -0.4 is 8.79 Å². The van der Waals surface area contributed by atoms with Gasteiger partial charge in [-0.3, -0.25) is 0 Å². The molecule has 0 heterocycles. The molecule has 6 rings (SSSR count). The van der Waals surface area contributed by atoms with Gasteiger partial charge in [0.05, 0.1) is 0 Å². The van der Waals surface area contributed by atoms with Crippen LogP contribution in [-0.2, 0) is 0 Å². The zero-order valence-electron chi connectivity index (χ0n) is 51.8. The first-order valence-corrected chi connectivity index (χ1v) is 36.9. The van der Waals surface area contributed by atoms with Crippen molar-refractivity contribution in [2.75, 3.05) is 0 Å². The molecule has 0 bridgehead atoms. The minimum atomic E-state index is -0.846. The molecule has 0 aliphatic carbocycles. The van der Waals surface area contributed by atoms with Crippen molar-refractivity contribution in [2.24, 2.45) is 0 Å². The number of halogens is 2. The van der Waals surface area contributed by atoms with Crippen LogP contribution in [0.3, 0.4) is 0 Å². The van der Waals surface area contributed by atoms with E-state index in [-0.39, 0.29) is 0 Å². The maximum atomic E-state index is 7.05. The Morgan fingerprint density at radius 3 is 0.487 bits per heavy atom. The third-order valence-electron chi connectivity index (χ3n) is 15.9. The van der Waals surface area contributed by atoms with Gasteiger partial charge in [-0.05, 0) is 0 Å². The molecule has 0 saturated heterocycles. The molecule has 4 radical (unpaired) electrons. The van der Waals surface area contributed by atoms with Crippen molar-refractivity contribution >= 4 is 57.8 Å². The summed E-state index contributed by atoms with van der Waals surface area (Å²) in [4.78, 5) is 0. The van der Waals surface area contributed by atoms with E-state index in [1.54, 1.807) is 0 Å². The molecule has 0 aliphatic heterocycles. The van der Waals surface area contributed by atoms with Crippen LogP contribution in [0.4, 0.5) is 0 Å². The Kier molecular flexibility index (Phi) is 23.0. The summed E-state index contributed by atoms with van der Waals surface area (Å²) in [6, 6.07) is 33.7. The van der Waals surface area contributed by atoms with Gasteiger partial charge in [0, 0.05) is 0 Å². The van der Waals surface area contributed by atoms with E-state index in [1.807, 2.05) is 0 Å². The molecule has 0 amide bonds. The van der Waals surface area contributed by atoms with E-state index in [0.717, 1.165) is 0 Å². The maximum absolute atomic E-state index is 7.05. The second-order valence-electron chi connectivity index (χ2n) is 25.8. The van der Waals surface area contributed by atoms with E-state index in [9.17, 15) is 0 Å². The summed E-state index contributed by atoms with van der Waals surface area (Å²) in [5.74, 6) is 5.55. The monoisotopic (exact) mass is 1180 g/mol. The minimum absolute atomic E-state index is 0.441. The molecule has 0 N–H and O–H groups in total. The Bertz CT molecular complexity index is 2420. The van der Waals surface area contributed by atoms with Crippen molar-refractivity contribution < 1.29 is 0 Å². The quantitative estimate of drug-likeness (QED) is 0.0753. The first-order valence-electron chi connectivity index (χ1n) is 29.3. The van der Waals surface area contributed by atoms with Gasteiger partial charge in [-0.15, -0.1) is 0 Å². The number of rotatable bonds is 18. The topological polar surface area (TPSA) is 0 Å². The van der Waals surface area contributed by atoms with Gasteiger partial charge >= 0.3 is 491 Å². The molecular formula is C72H98Cl2Ge2. The van der Waals surface area contributed by atoms with E-state index in [4.69, 9.17) is 20.0 Å². The molecule has 6 aromatic carbocycles. The number of benzene rings is 6. The van der Waals surface area contributed by atoms with E-state index >= 15 is 0 Å². The first-order chi connectivity index (χ1) is 35.6. The van der Waals surface area contributed by atoms with Crippen LogP contribution in [0.25, 0.3) is 44.5 Å². The predicted molar refractivity (Wildman–Crippen MR) is 346 cm³/mol. The summed E-state index contributed by atoms with van der Waals surface area (Å²) in [5.41, 5.74) is 28.6. The second-order valence-corrected chi connectivity index (χ2v) is 30.7.